The van der Waals surface area contributed by atoms with Crippen LogP contribution in [0.5, 0.6) is 17.2 Å². The predicted octanol–water partition coefficient (Wildman–Crippen LogP) is 5.68. The largest absolute Gasteiger partial charge is 0.508 e. The molecule has 0 aliphatic heterocycles. The van der Waals surface area contributed by atoms with Gasteiger partial charge in [0.1, 0.15) is 17.2 Å². The number of rotatable bonds is 5. The van der Waals surface area contributed by atoms with Crippen LogP contribution in [-0.2, 0) is 9.84 Å². The van der Waals surface area contributed by atoms with Gasteiger partial charge < -0.3 is 9.84 Å². The predicted molar refractivity (Wildman–Crippen MR) is 112 cm³/mol. The van der Waals surface area contributed by atoms with Gasteiger partial charge in [-0.05, 0) is 60.2 Å². The van der Waals surface area contributed by atoms with Crippen LogP contribution in [0.4, 0.5) is 0 Å². The minimum absolute atomic E-state index is 0.0128. The van der Waals surface area contributed by atoms with Crippen LogP contribution in [0.2, 0.25) is 0 Å². The smallest absolute Gasteiger partial charge is 0.207 e. The van der Waals surface area contributed by atoms with Gasteiger partial charge in [0, 0.05) is 5.56 Å². The summed E-state index contributed by atoms with van der Waals surface area (Å²) in [5.41, 5.74) is 1.32. The van der Waals surface area contributed by atoms with Gasteiger partial charge in [-0.25, -0.2) is 8.42 Å². The fourth-order valence-corrected chi connectivity index (χ4v) is 4.49. The van der Waals surface area contributed by atoms with E-state index in [2.05, 4.69) is 0 Å². The van der Waals surface area contributed by atoms with E-state index in [0.717, 1.165) is 5.56 Å². The lowest BCUT2D eigenvalue weighted by atomic mass is 10.1. The van der Waals surface area contributed by atoms with Crippen molar-refractivity contribution in [3.63, 3.8) is 0 Å². The summed E-state index contributed by atoms with van der Waals surface area (Å²) in [7, 11) is -3.79. The monoisotopic (exact) mass is 402 g/mol. The first-order valence-electron chi connectivity index (χ1n) is 9.00. The molecular formula is C24H18O4S. The van der Waals surface area contributed by atoms with E-state index in [4.69, 9.17) is 4.74 Å². The Labute approximate surface area is 169 Å². The van der Waals surface area contributed by atoms with Crippen molar-refractivity contribution < 1.29 is 18.3 Å². The third-order valence-electron chi connectivity index (χ3n) is 4.45. The average Bonchev–Trinajstić information content (AvgIpc) is 2.75. The highest BCUT2D eigenvalue weighted by Crippen LogP contribution is 2.35. The molecule has 0 radical (unpaired) electrons. The minimum Gasteiger partial charge on any atom is -0.508 e. The van der Waals surface area contributed by atoms with Crippen molar-refractivity contribution >= 4 is 9.84 Å². The van der Waals surface area contributed by atoms with Crippen LogP contribution in [0.15, 0.2) is 113 Å². The Bertz CT molecular complexity index is 1220. The van der Waals surface area contributed by atoms with Crippen LogP contribution in [0.3, 0.4) is 0 Å². The van der Waals surface area contributed by atoms with Gasteiger partial charge in [0.25, 0.3) is 0 Å². The number of benzene rings is 4. The molecule has 4 nitrogen and oxygen atoms in total. The van der Waals surface area contributed by atoms with E-state index in [1.807, 2.05) is 60.7 Å². The lowest BCUT2D eigenvalue weighted by Gasteiger charge is -2.14. The number of para-hydroxylation sites is 1. The summed E-state index contributed by atoms with van der Waals surface area (Å²) in [5.74, 6) is 1.22. The molecule has 0 amide bonds. The van der Waals surface area contributed by atoms with E-state index in [1.165, 1.54) is 24.3 Å². The fraction of sp³-hybridized carbons (Fsp3) is 0. The van der Waals surface area contributed by atoms with Crippen molar-refractivity contribution in [2.75, 3.05) is 0 Å². The molecule has 0 fully saturated rings. The first-order chi connectivity index (χ1) is 14.0. The maximum absolute atomic E-state index is 13.3. The van der Waals surface area contributed by atoms with Crippen LogP contribution in [-0.4, -0.2) is 13.5 Å². The highest BCUT2D eigenvalue weighted by Gasteiger charge is 2.23. The van der Waals surface area contributed by atoms with Crippen molar-refractivity contribution in [2.45, 2.75) is 9.79 Å². The molecule has 0 unspecified atom stereocenters. The van der Waals surface area contributed by atoms with Crippen LogP contribution in [0, 0.1) is 0 Å². The zero-order valence-electron chi connectivity index (χ0n) is 15.4. The maximum atomic E-state index is 13.3. The lowest BCUT2D eigenvalue weighted by molar-refractivity contribution is 0.475. The number of sulfone groups is 1. The van der Waals surface area contributed by atoms with Crippen molar-refractivity contribution in [3.05, 3.63) is 103 Å². The summed E-state index contributed by atoms with van der Waals surface area (Å²) in [4.78, 5) is 0.291. The number of phenolic OH excluding ortho intramolecular Hbond substituents is 1. The summed E-state index contributed by atoms with van der Waals surface area (Å²) in [6.45, 7) is 0. The number of ether oxygens (including phenoxy) is 1. The van der Waals surface area contributed by atoms with Gasteiger partial charge in [-0.3, -0.25) is 0 Å². The molecular weight excluding hydrogens is 384 g/mol. The Kier molecular flexibility index (Phi) is 5.06. The molecule has 29 heavy (non-hydrogen) atoms. The summed E-state index contributed by atoms with van der Waals surface area (Å²) in [6, 6.07) is 29.1. The van der Waals surface area contributed by atoms with Crippen molar-refractivity contribution in [1.29, 1.82) is 0 Å². The maximum Gasteiger partial charge on any atom is 0.207 e. The first-order valence-corrected chi connectivity index (χ1v) is 10.5. The van der Waals surface area contributed by atoms with Gasteiger partial charge in [-0.1, -0.05) is 48.5 Å². The van der Waals surface area contributed by atoms with Crippen molar-refractivity contribution in [3.8, 4) is 28.4 Å². The van der Waals surface area contributed by atoms with E-state index in [0.29, 0.717) is 17.1 Å². The third-order valence-corrected chi connectivity index (χ3v) is 6.28. The number of aromatic hydroxyl groups is 1. The molecule has 0 saturated carbocycles. The Morgan fingerprint density at radius 3 is 1.93 bits per heavy atom. The topological polar surface area (TPSA) is 63.6 Å². The van der Waals surface area contributed by atoms with E-state index < -0.39 is 9.84 Å². The van der Waals surface area contributed by atoms with E-state index in [9.17, 15) is 13.5 Å². The van der Waals surface area contributed by atoms with Gasteiger partial charge in [0.2, 0.25) is 9.84 Å². The Balaban J connectivity index is 1.84. The lowest BCUT2D eigenvalue weighted by Crippen LogP contribution is -2.04. The average molecular weight is 402 g/mol. The summed E-state index contributed by atoms with van der Waals surface area (Å²) >= 11 is 0. The second kappa shape index (κ2) is 7.81. The number of hydrogen-bond donors (Lipinski definition) is 1. The van der Waals surface area contributed by atoms with E-state index in [1.54, 1.807) is 18.2 Å². The second-order valence-corrected chi connectivity index (χ2v) is 8.35. The molecule has 0 aliphatic carbocycles. The van der Waals surface area contributed by atoms with Gasteiger partial charge in [-0.2, -0.15) is 0 Å². The van der Waals surface area contributed by atoms with Crippen LogP contribution < -0.4 is 4.74 Å². The summed E-state index contributed by atoms with van der Waals surface area (Å²) < 4.78 is 32.5. The molecule has 0 bridgehead atoms. The molecule has 0 heterocycles. The van der Waals surface area contributed by atoms with Gasteiger partial charge >= 0.3 is 0 Å². The Morgan fingerprint density at radius 2 is 1.28 bits per heavy atom. The molecule has 1 N–H and O–H groups in total. The standard InChI is InChI=1S/C24H18O4S/c25-19-11-14-22(15-12-19)29(26,27)24-16-13-21(28-20-9-5-2-6-10-20)17-23(24)18-7-3-1-4-8-18/h1-17,25H. The molecule has 0 atom stereocenters. The van der Waals surface area contributed by atoms with Crippen LogP contribution in [0.25, 0.3) is 11.1 Å². The van der Waals surface area contributed by atoms with Gasteiger partial charge in [-0.15, -0.1) is 0 Å². The highest BCUT2D eigenvalue weighted by molar-refractivity contribution is 7.91. The first kappa shape index (κ1) is 18.8. The van der Waals surface area contributed by atoms with Crippen LogP contribution >= 0.6 is 0 Å². The molecule has 4 aromatic carbocycles. The van der Waals surface area contributed by atoms with Gasteiger partial charge in [0.15, 0.2) is 0 Å². The molecule has 4 aromatic rings. The van der Waals surface area contributed by atoms with Crippen molar-refractivity contribution in [2.24, 2.45) is 0 Å². The number of phenols is 1. The zero-order valence-corrected chi connectivity index (χ0v) is 16.2. The van der Waals surface area contributed by atoms with Gasteiger partial charge in [0.05, 0.1) is 9.79 Å². The third kappa shape index (κ3) is 4.00. The molecule has 5 heteroatoms. The SMILES string of the molecule is O=S(=O)(c1ccc(O)cc1)c1ccc(Oc2ccccc2)cc1-c1ccccc1. The fourth-order valence-electron chi connectivity index (χ4n) is 3.03. The van der Waals surface area contributed by atoms with Crippen molar-refractivity contribution in [1.82, 2.24) is 0 Å². The zero-order chi connectivity index (χ0) is 20.3. The molecule has 0 saturated heterocycles. The molecule has 0 aromatic heterocycles. The summed E-state index contributed by atoms with van der Waals surface area (Å²) in [5, 5.41) is 9.49. The Hall–Kier alpha value is -3.57. The molecule has 0 spiro atoms. The molecule has 0 aliphatic rings. The molecule has 144 valence electrons. The Morgan fingerprint density at radius 1 is 0.655 bits per heavy atom. The molecule has 4 rings (SSSR count). The number of hydrogen-bond acceptors (Lipinski definition) is 4. The second-order valence-electron chi connectivity index (χ2n) is 6.44. The quantitative estimate of drug-likeness (QED) is 0.466. The highest BCUT2D eigenvalue weighted by atomic mass is 32.2. The normalized spacial score (nSPS) is 11.2. The van der Waals surface area contributed by atoms with E-state index in [-0.39, 0.29) is 15.5 Å². The van der Waals surface area contributed by atoms with Crippen LogP contribution in [0.1, 0.15) is 0 Å². The summed E-state index contributed by atoms with van der Waals surface area (Å²) in [6.07, 6.45) is 0. The van der Waals surface area contributed by atoms with E-state index >= 15 is 0 Å². The minimum atomic E-state index is -3.79.